The highest BCUT2D eigenvalue weighted by molar-refractivity contribution is 6.15. The van der Waals surface area contributed by atoms with E-state index in [9.17, 15) is 0 Å². The quantitative estimate of drug-likeness (QED) is 0.576. The molecule has 0 heterocycles. The van der Waals surface area contributed by atoms with Crippen LogP contribution in [0.5, 0.6) is 0 Å². The maximum absolute atomic E-state index is 7.54. The van der Waals surface area contributed by atoms with E-state index in [2.05, 4.69) is 18.2 Å². The lowest BCUT2D eigenvalue weighted by atomic mass is 10.1. The van der Waals surface area contributed by atoms with E-state index in [1.807, 2.05) is 19.1 Å². The third-order valence-corrected chi connectivity index (χ3v) is 1.93. The molecule has 0 saturated heterocycles. The minimum Gasteiger partial charge on any atom is -0.300 e. The van der Waals surface area contributed by atoms with Gasteiger partial charge in [-0.3, -0.25) is 0 Å². The van der Waals surface area contributed by atoms with E-state index in [0.717, 1.165) is 5.56 Å². The number of hydrogen-bond donors (Lipinski definition) is 1. The second kappa shape index (κ2) is 2.06. The molecule has 1 aliphatic carbocycles. The molecule has 0 spiro atoms. The van der Waals surface area contributed by atoms with Gasteiger partial charge < -0.3 is 5.41 Å². The summed E-state index contributed by atoms with van der Waals surface area (Å²) in [6.07, 6.45) is 3.82. The van der Waals surface area contributed by atoms with E-state index < -0.39 is 0 Å². The molecule has 0 amide bonds. The number of benzene rings is 1. The van der Waals surface area contributed by atoms with Crippen molar-refractivity contribution in [3.63, 3.8) is 0 Å². The van der Waals surface area contributed by atoms with Crippen molar-refractivity contribution in [1.29, 1.82) is 5.41 Å². The minimum absolute atomic E-state index is 0.628. The lowest BCUT2D eigenvalue weighted by molar-refractivity contribution is 1.43. The average molecular weight is 143 g/mol. The Labute approximate surface area is 65.9 Å². The molecule has 1 aromatic rings. The van der Waals surface area contributed by atoms with Crippen LogP contribution in [0, 0.1) is 12.3 Å². The Hall–Kier alpha value is -1.37. The van der Waals surface area contributed by atoms with Crippen molar-refractivity contribution in [3.8, 4) is 0 Å². The second-order valence-electron chi connectivity index (χ2n) is 2.84. The van der Waals surface area contributed by atoms with Gasteiger partial charge in [0.2, 0.25) is 0 Å². The average Bonchev–Trinajstić information content (AvgIpc) is 2.33. The molecule has 1 N–H and O–H groups in total. The van der Waals surface area contributed by atoms with Crippen LogP contribution in [-0.4, -0.2) is 5.71 Å². The van der Waals surface area contributed by atoms with Crippen LogP contribution in [0.15, 0.2) is 24.3 Å². The fourth-order valence-electron chi connectivity index (χ4n) is 1.31. The largest absolute Gasteiger partial charge is 0.300 e. The minimum atomic E-state index is 0.628. The Balaban J connectivity index is 2.67. The molecule has 0 radical (unpaired) electrons. The van der Waals surface area contributed by atoms with Gasteiger partial charge in [0.25, 0.3) is 0 Å². The van der Waals surface area contributed by atoms with Crippen LogP contribution in [-0.2, 0) is 0 Å². The third-order valence-electron chi connectivity index (χ3n) is 1.93. The lowest BCUT2D eigenvalue weighted by Gasteiger charge is -1.98. The predicted molar refractivity (Wildman–Crippen MR) is 47.0 cm³/mol. The summed E-state index contributed by atoms with van der Waals surface area (Å²) in [7, 11) is 0. The third kappa shape index (κ3) is 0.891. The van der Waals surface area contributed by atoms with Crippen LogP contribution >= 0.6 is 0 Å². The summed E-state index contributed by atoms with van der Waals surface area (Å²) < 4.78 is 0. The van der Waals surface area contributed by atoms with Crippen LogP contribution in [0.4, 0.5) is 0 Å². The van der Waals surface area contributed by atoms with E-state index in [1.165, 1.54) is 11.1 Å². The number of fused-ring (bicyclic) bond motifs is 1. The second-order valence-corrected chi connectivity index (χ2v) is 2.84. The molecule has 1 nitrogen and oxygen atoms in total. The zero-order valence-corrected chi connectivity index (χ0v) is 6.39. The van der Waals surface area contributed by atoms with E-state index in [1.54, 1.807) is 0 Å². The van der Waals surface area contributed by atoms with Crippen LogP contribution in [0.25, 0.3) is 6.08 Å². The fourth-order valence-corrected chi connectivity index (χ4v) is 1.31. The first-order chi connectivity index (χ1) is 5.27. The maximum Gasteiger partial charge on any atom is 0.0618 e. The molecule has 0 atom stereocenters. The van der Waals surface area contributed by atoms with Crippen molar-refractivity contribution in [1.82, 2.24) is 0 Å². The normalized spacial score (nSPS) is 13.7. The highest BCUT2D eigenvalue weighted by atomic mass is 14.4. The van der Waals surface area contributed by atoms with Gasteiger partial charge in [0.15, 0.2) is 0 Å². The van der Waals surface area contributed by atoms with Gasteiger partial charge in [-0.15, -0.1) is 0 Å². The first-order valence-corrected chi connectivity index (χ1v) is 3.65. The molecule has 1 aromatic carbocycles. The van der Waals surface area contributed by atoms with E-state index in [0.29, 0.717) is 5.71 Å². The van der Waals surface area contributed by atoms with Crippen LogP contribution in [0.2, 0.25) is 0 Å². The number of allylic oxidation sites excluding steroid dienone is 1. The van der Waals surface area contributed by atoms with E-state index in [-0.39, 0.29) is 0 Å². The summed E-state index contributed by atoms with van der Waals surface area (Å²) in [5.41, 5.74) is 4.08. The van der Waals surface area contributed by atoms with Gasteiger partial charge in [0.05, 0.1) is 5.71 Å². The van der Waals surface area contributed by atoms with Gasteiger partial charge in [-0.05, 0) is 24.6 Å². The molecule has 0 unspecified atom stereocenters. The Morgan fingerprint density at radius 2 is 2.00 bits per heavy atom. The molecule has 11 heavy (non-hydrogen) atoms. The summed E-state index contributed by atoms with van der Waals surface area (Å²) in [5.74, 6) is 0. The summed E-state index contributed by atoms with van der Waals surface area (Å²) in [6, 6.07) is 6.18. The van der Waals surface area contributed by atoms with Gasteiger partial charge in [0, 0.05) is 5.56 Å². The van der Waals surface area contributed by atoms with Gasteiger partial charge in [0.1, 0.15) is 0 Å². The molecular weight excluding hydrogens is 134 g/mol. The molecule has 0 fully saturated rings. The molecule has 1 heteroatoms. The van der Waals surface area contributed by atoms with E-state index in [4.69, 9.17) is 5.41 Å². The monoisotopic (exact) mass is 143 g/mol. The first kappa shape index (κ1) is 6.35. The fraction of sp³-hybridized carbons (Fsp3) is 0.100. The van der Waals surface area contributed by atoms with Gasteiger partial charge in [-0.25, -0.2) is 0 Å². The number of nitrogens with one attached hydrogen (secondary N) is 1. The van der Waals surface area contributed by atoms with Crippen molar-refractivity contribution in [3.05, 3.63) is 41.0 Å². The first-order valence-electron chi connectivity index (χ1n) is 3.65. The molecule has 0 saturated carbocycles. The Kier molecular flexibility index (Phi) is 1.19. The molecule has 0 aromatic heterocycles. The zero-order valence-electron chi connectivity index (χ0n) is 6.39. The van der Waals surface area contributed by atoms with Crippen molar-refractivity contribution >= 4 is 11.8 Å². The summed E-state index contributed by atoms with van der Waals surface area (Å²) in [5, 5.41) is 7.54. The van der Waals surface area contributed by atoms with Crippen molar-refractivity contribution < 1.29 is 0 Å². The van der Waals surface area contributed by atoms with Crippen molar-refractivity contribution in [2.24, 2.45) is 0 Å². The van der Waals surface area contributed by atoms with Gasteiger partial charge in [-0.1, -0.05) is 23.8 Å². The maximum atomic E-state index is 7.54. The summed E-state index contributed by atoms with van der Waals surface area (Å²) >= 11 is 0. The van der Waals surface area contributed by atoms with E-state index >= 15 is 0 Å². The predicted octanol–water partition coefficient (Wildman–Crippen LogP) is 2.39. The van der Waals surface area contributed by atoms with Crippen LogP contribution < -0.4 is 0 Å². The molecule has 1 aliphatic rings. The summed E-state index contributed by atoms with van der Waals surface area (Å²) in [6.45, 7) is 2.05. The highest BCUT2D eigenvalue weighted by Gasteiger charge is 2.08. The summed E-state index contributed by atoms with van der Waals surface area (Å²) in [4.78, 5) is 0. The van der Waals surface area contributed by atoms with Crippen molar-refractivity contribution in [2.45, 2.75) is 6.92 Å². The lowest BCUT2D eigenvalue weighted by Crippen LogP contribution is -1.91. The molecule has 54 valence electrons. The molecular formula is C10H9N. The smallest absolute Gasteiger partial charge is 0.0618 e. The number of rotatable bonds is 0. The Bertz CT molecular complexity index is 348. The Morgan fingerprint density at radius 3 is 2.82 bits per heavy atom. The van der Waals surface area contributed by atoms with Crippen LogP contribution in [0.3, 0.4) is 0 Å². The SMILES string of the molecule is Cc1ccc2c(c1)C(=N)C=C2. The molecule has 0 aliphatic heterocycles. The van der Waals surface area contributed by atoms with Crippen LogP contribution in [0.1, 0.15) is 16.7 Å². The van der Waals surface area contributed by atoms with Crippen molar-refractivity contribution in [2.75, 3.05) is 0 Å². The highest BCUT2D eigenvalue weighted by Crippen LogP contribution is 2.19. The standard InChI is InChI=1S/C10H9N/c1-7-2-3-8-4-5-10(11)9(8)6-7/h2-6,11H,1H3. The van der Waals surface area contributed by atoms with Gasteiger partial charge in [-0.2, -0.15) is 0 Å². The number of aryl methyl sites for hydroxylation is 1. The molecule has 0 bridgehead atoms. The molecule has 2 rings (SSSR count). The topological polar surface area (TPSA) is 23.9 Å². The zero-order chi connectivity index (χ0) is 7.84. The number of hydrogen-bond acceptors (Lipinski definition) is 1. The Morgan fingerprint density at radius 1 is 1.18 bits per heavy atom. The van der Waals surface area contributed by atoms with Gasteiger partial charge >= 0.3 is 0 Å².